The smallest absolute Gasteiger partial charge is 0.379 e. The number of anilines is 3. The SMILES string of the molecule is CCCN(CC(C)C)C(C)CCN(CCC)C1CCCC1.CCNc1c(Nc2cnc(C)c(Cl)c2)c(=O)c1=O.FC(F)F. The summed E-state index contributed by atoms with van der Waals surface area (Å²) in [6, 6.07) is 3.28. The Bertz CT molecular complexity index is 1120. The van der Waals surface area contributed by atoms with Gasteiger partial charge in [-0.2, -0.15) is 13.2 Å². The Hall–Kier alpha value is -2.17. The molecule has 0 saturated heterocycles. The van der Waals surface area contributed by atoms with E-state index >= 15 is 0 Å². The van der Waals surface area contributed by atoms with Crippen LogP contribution < -0.4 is 21.5 Å². The van der Waals surface area contributed by atoms with Crippen molar-refractivity contribution in [3.8, 4) is 0 Å². The molecule has 0 spiro atoms. The fourth-order valence-electron chi connectivity index (χ4n) is 5.39. The molecule has 43 heavy (non-hydrogen) atoms. The lowest BCUT2D eigenvalue weighted by molar-refractivity contribution is 0.00819. The highest BCUT2D eigenvalue weighted by atomic mass is 35.5. The third-order valence-corrected chi connectivity index (χ3v) is 7.86. The van der Waals surface area contributed by atoms with Gasteiger partial charge in [0.05, 0.1) is 22.6 Å². The van der Waals surface area contributed by atoms with Gasteiger partial charge in [-0.15, -0.1) is 0 Å². The number of aryl methyl sites for hydroxylation is 1. The highest BCUT2D eigenvalue weighted by Crippen LogP contribution is 2.25. The first-order valence-electron chi connectivity index (χ1n) is 15.7. The molecule has 3 rings (SSSR count). The van der Waals surface area contributed by atoms with E-state index in [0.29, 0.717) is 28.6 Å². The number of hydrogen-bond donors (Lipinski definition) is 2. The standard InChI is InChI=1S/C19H40N2.C12H12ClN3O2.CHF3/c1-6-13-20(19-10-8-9-11-19)15-12-18(5)21(14-7-2)16-17(3)4;1-3-14-9-10(12(18)11(9)17)16-7-4-8(13)6(2)15-5-7;2-1(3)4/h17-19H,6-16H2,1-5H3;4-5,14,16H,3H2,1-2H3;1H. The highest BCUT2D eigenvalue weighted by Gasteiger charge is 2.23. The lowest BCUT2D eigenvalue weighted by atomic mass is 10.1. The summed E-state index contributed by atoms with van der Waals surface area (Å²) in [4.78, 5) is 32.3. The van der Waals surface area contributed by atoms with E-state index < -0.39 is 17.5 Å². The van der Waals surface area contributed by atoms with Gasteiger partial charge in [-0.05, 0) is 84.5 Å². The Balaban J connectivity index is 0.000000385. The predicted octanol–water partition coefficient (Wildman–Crippen LogP) is 7.78. The van der Waals surface area contributed by atoms with Gasteiger partial charge in [-0.25, -0.2) is 0 Å². The van der Waals surface area contributed by atoms with Crippen molar-refractivity contribution in [3.63, 3.8) is 0 Å². The summed E-state index contributed by atoms with van der Waals surface area (Å²) in [5, 5.41) is 6.22. The maximum atomic E-state index is 11.4. The number of halogens is 4. The van der Waals surface area contributed by atoms with Crippen molar-refractivity contribution in [1.29, 1.82) is 0 Å². The minimum atomic E-state index is -3.67. The number of nitrogens with one attached hydrogen (secondary N) is 2. The summed E-state index contributed by atoms with van der Waals surface area (Å²) in [5.41, 5.74) is 0.854. The first-order valence-corrected chi connectivity index (χ1v) is 16.1. The van der Waals surface area contributed by atoms with E-state index in [-0.39, 0.29) is 5.69 Å². The van der Waals surface area contributed by atoms with Crippen LogP contribution in [0.1, 0.15) is 92.2 Å². The van der Waals surface area contributed by atoms with Crippen molar-refractivity contribution in [2.75, 3.05) is 43.4 Å². The minimum Gasteiger partial charge on any atom is -0.380 e. The van der Waals surface area contributed by atoms with E-state index in [4.69, 9.17) is 11.6 Å². The zero-order valence-corrected chi connectivity index (χ0v) is 27.9. The van der Waals surface area contributed by atoms with Gasteiger partial charge in [-0.3, -0.25) is 14.6 Å². The third-order valence-electron chi connectivity index (χ3n) is 7.48. The fourth-order valence-corrected chi connectivity index (χ4v) is 5.56. The molecular weight excluding hydrogens is 579 g/mol. The molecule has 0 aliphatic heterocycles. The van der Waals surface area contributed by atoms with E-state index in [9.17, 15) is 22.8 Å². The van der Waals surface area contributed by atoms with Crippen LogP contribution in [0.4, 0.5) is 30.2 Å². The topological polar surface area (TPSA) is 77.6 Å². The van der Waals surface area contributed by atoms with Crippen molar-refractivity contribution in [2.45, 2.75) is 112 Å². The number of hydrogen-bond acceptors (Lipinski definition) is 7. The number of rotatable bonds is 15. The Morgan fingerprint density at radius 2 is 1.56 bits per heavy atom. The van der Waals surface area contributed by atoms with Crippen LogP contribution in [0.15, 0.2) is 21.9 Å². The third kappa shape index (κ3) is 14.0. The molecule has 1 aliphatic rings. The van der Waals surface area contributed by atoms with Crippen LogP contribution in [0.25, 0.3) is 0 Å². The predicted molar refractivity (Wildman–Crippen MR) is 175 cm³/mol. The van der Waals surface area contributed by atoms with Gasteiger partial charge < -0.3 is 20.4 Å². The van der Waals surface area contributed by atoms with Crippen molar-refractivity contribution < 1.29 is 13.2 Å². The van der Waals surface area contributed by atoms with Crippen LogP contribution in [0.5, 0.6) is 0 Å². The van der Waals surface area contributed by atoms with Crippen LogP contribution >= 0.6 is 11.6 Å². The quantitative estimate of drug-likeness (QED) is 0.194. The zero-order valence-electron chi connectivity index (χ0n) is 27.1. The van der Waals surface area contributed by atoms with Crippen molar-refractivity contribution in [1.82, 2.24) is 14.8 Å². The van der Waals surface area contributed by atoms with E-state index in [1.54, 1.807) is 19.2 Å². The molecule has 1 aromatic carbocycles. The number of nitrogens with zero attached hydrogens (tertiary/aromatic N) is 3. The van der Waals surface area contributed by atoms with Crippen LogP contribution in [0.3, 0.4) is 0 Å². The molecule has 7 nitrogen and oxygen atoms in total. The normalized spacial score (nSPS) is 14.2. The Labute approximate surface area is 261 Å². The molecule has 1 fully saturated rings. The summed E-state index contributed by atoms with van der Waals surface area (Å²) in [7, 11) is 0. The van der Waals surface area contributed by atoms with Crippen LogP contribution in [0, 0.1) is 12.8 Å². The zero-order chi connectivity index (χ0) is 32.5. The molecule has 1 saturated carbocycles. The van der Waals surface area contributed by atoms with E-state index in [2.05, 4.69) is 60.0 Å². The maximum absolute atomic E-state index is 11.4. The van der Waals surface area contributed by atoms with Gasteiger partial charge in [0, 0.05) is 25.2 Å². The maximum Gasteiger partial charge on any atom is 0.379 e. The van der Waals surface area contributed by atoms with Crippen LogP contribution in [-0.4, -0.2) is 66.3 Å². The van der Waals surface area contributed by atoms with Gasteiger partial charge in [0.2, 0.25) is 0 Å². The van der Waals surface area contributed by atoms with Gasteiger partial charge in [0.15, 0.2) is 0 Å². The molecule has 246 valence electrons. The first kappa shape index (κ1) is 38.9. The fraction of sp³-hybridized carbons (Fsp3) is 0.719. The molecule has 1 heterocycles. The molecule has 2 N–H and O–H groups in total. The molecule has 11 heteroatoms. The van der Waals surface area contributed by atoms with E-state index in [0.717, 1.165) is 18.0 Å². The lowest BCUT2D eigenvalue weighted by Gasteiger charge is -2.34. The monoisotopic (exact) mass is 631 g/mol. The molecule has 0 bridgehead atoms. The summed E-state index contributed by atoms with van der Waals surface area (Å²) < 4.78 is 29.0. The number of aromatic nitrogens is 1. The van der Waals surface area contributed by atoms with Crippen LogP contribution in [-0.2, 0) is 0 Å². The van der Waals surface area contributed by atoms with Crippen molar-refractivity contribution in [3.05, 3.63) is 43.4 Å². The Morgan fingerprint density at radius 3 is 2.07 bits per heavy atom. The lowest BCUT2D eigenvalue weighted by Crippen LogP contribution is -2.41. The van der Waals surface area contributed by atoms with E-state index in [1.165, 1.54) is 71.1 Å². The molecule has 0 radical (unpaired) electrons. The van der Waals surface area contributed by atoms with Gasteiger partial charge in [0.25, 0.3) is 10.9 Å². The summed E-state index contributed by atoms with van der Waals surface area (Å²) in [6.07, 6.45) is 11.3. The first-order chi connectivity index (χ1) is 20.4. The van der Waals surface area contributed by atoms with Crippen LogP contribution in [0.2, 0.25) is 5.02 Å². The second-order valence-electron chi connectivity index (χ2n) is 11.6. The van der Waals surface area contributed by atoms with Gasteiger partial charge >= 0.3 is 6.68 Å². The highest BCUT2D eigenvalue weighted by molar-refractivity contribution is 6.31. The average Bonchev–Trinajstić information content (AvgIpc) is 3.49. The molecule has 0 amide bonds. The number of alkyl halides is 3. The van der Waals surface area contributed by atoms with Crippen molar-refractivity contribution >= 4 is 28.7 Å². The summed E-state index contributed by atoms with van der Waals surface area (Å²) in [5.74, 6) is 0.778. The van der Waals surface area contributed by atoms with Crippen molar-refractivity contribution in [2.24, 2.45) is 5.92 Å². The molecule has 1 atom stereocenters. The van der Waals surface area contributed by atoms with Gasteiger partial charge in [-0.1, -0.05) is 52.1 Å². The summed E-state index contributed by atoms with van der Waals surface area (Å²) >= 11 is 5.94. The minimum absolute atomic E-state index is 0.267. The molecule has 2 aromatic rings. The Kier molecular flexibility index (Phi) is 18.7. The Morgan fingerprint density at radius 1 is 0.977 bits per heavy atom. The van der Waals surface area contributed by atoms with E-state index in [1.807, 2.05) is 6.92 Å². The number of pyridine rings is 1. The second-order valence-corrected chi connectivity index (χ2v) is 12.0. The second kappa shape index (κ2) is 20.7. The largest absolute Gasteiger partial charge is 0.380 e. The average molecular weight is 632 g/mol. The molecule has 1 unspecified atom stereocenters. The summed E-state index contributed by atoms with van der Waals surface area (Å²) in [6.45, 7) is 17.4. The van der Waals surface area contributed by atoms with Gasteiger partial charge in [0.1, 0.15) is 11.4 Å². The molecule has 1 aromatic heterocycles. The molecular formula is C32H53ClF3N5O2. The molecule has 1 aliphatic carbocycles.